The quantitative estimate of drug-likeness (QED) is 0.462. The summed E-state index contributed by atoms with van der Waals surface area (Å²) in [5, 5.41) is 13.2. The van der Waals surface area contributed by atoms with Gasteiger partial charge < -0.3 is 4.98 Å². The Hall–Kier alpha value is -4.37. The number of aryl methyl sites for hydroxylation is 1. The second-order valence-corrected chi connectivity index (χ2v) is 7.59. The molecule has 0 aliphatic rings. The molecule has 33 heavy (non-hydrogen) atoms. The van der Waals surface area contributed by atoms with Crippen molar-refractivity contribution in [2.24, 2.45) is 0 Å². The van der Waals surface area contributed by atoms with E-state index in [1.165, 1.54) is 4.57 Å². The van der Waals surface area contributed by atoms with Crippen LogP contribution >= 0.6 is 0 Å². The van der Waals surface area contributed by atoms with Gasteiger partial charge in [-0.15, -0.1) is 0 Å². The Morgan fingerprint density at radius 1 is 1.03 bits per heavy atom. The van der Waals surface area contributed by atoms with Crippen molar-refractivity contribution < 1.29 is 0 Å². The molecule has 0 bridgehead atoms. The molecule has 0 atom stereocenters. The molecule has 0 aliphatic carbocycles. The average molecular weight is 441 g/mol. The normalized spacial score (nSPS) is 10.7. The van der Waals surface area contributed by atoms with E-state index in [2.05, 4.69) is 33.0 Å². The van der Waals surface area contributed by atoms with Gasteiger partial charge in [-0.05, 0) is 37.1 Å². The molecule has 9 heteroatoms. The highest BCUT2D eigenvalue weighted by Gasteiger charge is 2.18. The number of nitrogens with one attached hydrogen (secondary N) is 1. The van der Waals surface area contributed by atoms with Crippen LogP contribution in [0.3, 0.4) is 0 Å². The average Bonchev–Trinajstić information content (AvgIpc) is 3.48. The van der Waals surface area contributed by atoms with Crippen molar-refractivity contribution in [3.8, 4) is 29.3 Å². The number of aromatic nitrogens is 6. The molecule has 3 heterocycles. The van der Waals surface area contributed by atoms with E-state index < -0.39 is 0 Å². The number of aromatic amines is 1. The number of fused-ring (bicyclic) bond motifs is 1. The topological polar surface area (TPSA) is 114 Å². The number of rotatable bonds is 6. The van der Waals surface area contributed by atoms with Crippen molar-refractivity contribution in [2.45, 2.75) is 46.3 Å². The largest absolute Gasteiger partial charge is 0.332 e. The van der Waals surface area contributed by atoms with E-state index in [1.54, 1.807) is 45.9 Å². The van der Waals surface area contributed by atoms with Gasteiger partial charge >= 0.3 is 5.69 Å². The minimum absolute atomic E-state index is 0.319. The fourth-order valence-corrected chi connectivity index (χ4v) is 3.57. The van der Waals surface area contributed by atoms with Crippen LogP contribution in [0.5, 0.6) is 0 Å². The van der Waals surface area contributed by atoms with Gasteiger partial charge in [-0.1, -0.05) is 25.7 Å². The van der Waals surface area contributed by atoms with Crippen LogP contribution in [-0.4, -0.2) is 28.9 Å². The number of nitrogens with zero attached hydrogens (tertiary/aromatic N) is 6. The Kier molecular flexibility index (Phi) is 6.23. The van der Waals surface area contributed by atoms with Crippen LogP contribution in [-0.2, 0) is 19.6 Å². The fourth-order valence-electron chi connectivity index (χ4n) is 3.57. The zero-order chi connectivity index (χ0) is 23.4. The maximum absolute atomic E-state index is 12.9. The van der Waals surface area contributed by atoms with Crippen molar-refractivity contribution in [1.29, 1.82) is 5.26 Å². The molecule has 0 aliphatic heterocycles. The molecule has 166 valence electrons. The van der Waals surface area contributed by atoms with Gasteiger partial charge in [0.05, 0.1) is 23.4 Å². The lowest BCUT2D eigenvalue weighted by atomic mass is 10.1. The molecule has 0 spiro atoms. The van der Waals surface area contributed by atoms with Crippen LogP contribution in [0, 0.1) is 23.2 Å². The van der Waals surface area contributed by atoms with E-state index in [-0.39, 0.29) is 11.2 Å². The van der Waals surface area contributed by atoms with Crippen LogP contribution in [0.4, 0.5) is 0 Å². The molecule has 3 aromatic heterocycles. The van der Waals surface area contributed by atoms with Gasteiger partial charge in [0, 0.05) is 24.8 Å². The minimum atomic E-state index is -0.358. The number of nitriles is 1. The number of imidazole rings is 1. The predicted octanol–water partition coefficient (Wildman–Crippen LogP) is 2.49. The number of H-pyrrole nitrogens is 1. The summed E-state index contributed by atoms with van der Waals surface area (Å²) in [5.41, 5.74) is 2.10. The van der Waals surface area contributed by atoms with Crippen molar-refractivity contribution in [3.05, 3.63) is 68.6 Å². The van der Waals surface area contributed by atoms with E-state index in [9.17, 15) is 9.59 Å². The lowest BCUT2D eigenvalue weighted by molar-refractivity contribution is 0.555. The molecular weight excluding hydrogens is 418 g/mol. The van der Waals surface area contributed by atoms with E-state index in [0.29, 0.717) is 54.2 Å². The van der Waals surface area contributed by atoms with Crippen molar-refractivity contribution in [2.75, 3.05) is 0 Å². The molecule has 0 saturated heterocycles. The summed E-state index contributed by atoms with van der Waals surface area (Å²) in [6.07, 6.45) is 4.87. The summed E-state index contributed by atoms with van der Waals surface area (Å²) in [6.45, 7) is 5.11. The van der Waals surface area contributed by atoms with Crippen LogP contribution in [0.1, 0.15) is 37.8 Å². The molecule has 0 fully saturated rings. The molecule has 9 nitrogen and oxygen atoms in total. The molecule has 4 aromatic rings. The van der Waals surface area contributed by atoms with Crippen molar-refractivity contribution in [1.82, 2.24) is 28.9 Å². The third-order valence-corrected chi connectivity index (χ3v) is 5.15. The molecule has 0 unspecified atom stereocenters. The van der Waals surface area contributed by atoms with Crippen molar-refractivity contribution in [3.63, 3.8) is 0 Å². The highest BCUT2D eigenvalue weighted by atomic mass is 16.2. The van der Waals surface area contributed by atoms with Crippen LogP contribution < -0.4 is 11.2 Å². The summed E-state index contributed by atoms with van der Waals surface area (Å²) >= 11 is 0. The van der Waals surface area contributed by atoms with E-state index in [4.69, 9.17) is 5.26 Å². The fraction of sp³-hybridized carbons (Fsp3) is 0.292. The molecular formula is C24H23N7O2. The maximum atomic E-state index is 12.9. The minimum Gasteiger partial charge on any atom is -0.332 e. The summed E-state index contributed by atoms with van der Waals surface area (Å²) < 4.78 is 4.50. The second-order valence-electron chi connectivity index (χ2n) is 7.59. The van der Waals surface area contributed by atoms with Gasteiger partial charge in [-0.3, -0.25) is 18.6 Å². The van der Waals surface area contributed by atoms with Gasteiger partial charge in [0.25, 0.3) is 5.56 Å². The van der Waals surface area contributed by atoms with Crippen molar-refractivity contribution >= 4 is 11.2 Å². The monoisotopic (exact) mass is 441 g/mol. The first-order chi connectivity index (χ1) is 16.0. The first-order valence-electron chi connectivity index (χ1n) is 10.8. The first kappa shape index (κ1) is 21.8. The molecule has 0 saturated carbocycles. The lowest BCUT2D eigenvalue weighted by Gasteiger charge is -2.09. The van der Waals surface area contributed by atoms with Gasteiger partial charge in [0.1, 0.15) is 17.9 Å². The Morgan fingerprint density at radius 2 is 1.73 bits per heavy atom. The maximum Gasteiger partial charge on any atom is 0.332 e. The predicted molar refractivity (Wildman–Crippen MR) is 124 cm³/mol. The highest BCUT2D eigenvalue weighted by molar-refractivity contribution is 5.75. The lowest BCUT2D eigenvalue weighted by Crippen LogP contribution is -2.40. The summed E-state index contributed by atoms with van der Waals surface area (Å²) in [5.74, 6) is 6.57. The summed E-state index contributed by atoms with van der Waals surface area (Å²) in [6, 6.07) is 9.13. The standard InChI is InChI=1S/C24H23N7O2/c1-3-11-30-22-20(23(32)31(12-4-2)24(30)33)27-21(28-22)19-15-26-29(16-19)13-5-6-17-7-9-18(14-25)10-8-17/h7-10,15-16H,3-4,11-13H2,1-2H3,(H,27,28). The van der Waals surface area contributed by atoms with Gasteiger partial charge in [-0.25, -0.2) is 9.78 Å². The zero-order valence-electron chi connectivity index (χ0n) is 18.5. The second kappa shape index (κ2) is 9.41. The summed E-state index contributed by atoms with van der Waals surface area (Å²) in [4.78, 5) is 33.4. The summed E-state index contributed by atoms with van der Waals surface area (Å²) in [7, 11) is 0. The Morgan fingerprint density at radius 3 is 2.42 bits per heavy atom. The molecule has 0 amide bonds. The Labute approximate surface area is 189 Å². The molecule has 4 rings (SSSR count). The Balaban J connectivity index is 1.64. The van der Waals surface area contributed by atoms with E-state index in [0.717, 1.165) is 12.0 Å². The van der Waals surface area contributed by atoms with Gasteiger partial charge in [0.2, 0.25) is 0 Å². The van der Waals surface area contributed by atoms with E-state index in [1.807, 2.05) is 13.8 Å². The molecule has 1 N–H and O–H groups in total. The SMILES string of the molecule is CCCn1c(=O)c2[nH]c(-c3cnn(CC#Cc4ccc(C#N)cc4)c3)nc2n(CCC)c1=O. The third kappa shape index (κ3) is 4.35. The first-order valence-corrected chi connectivity index (χ1v) is 10.8. The highest BCUT2D eigenvalue weighted by Crippen LogP contribution is 2.18. The van der Waals surface area contributed by atoms with Crippen LogP contribution in [0.15, 0.2) is 46.2 Å². The zero-order valence-corrected chi connectivity index (χ0v) is 18.5. The molecule has 1 aromatic carbocycles. The Bertz CT molecular complexity index is 1520. The van der Waals surface area contributed by atoms with E-state index >= 15 is 0 Å². The van der Waals surface area contributed by atoms with Crippen LogP contribution in [0.2, 0.25) is 0 Å². The number of benzene rings is 1. The number of hydrogen-bond acceptors (Lipinski definition) is 5. The third-order valence-electron chi connectivity index (χ3n) is 5.15. The van der Waals surface area contributed by atoms with Crippen LogP contribution in [0.25, 0.3) is 22.6 Å². The molecule has 0 radical (unpaired) electrons. The smallest absolute Gasteiger partial charge is 0.332 e. The number of hydrogen-bond donors (Lipinski definition) is 1. The van der Waals surface area contributed by atoms with Gasteiger partial charge in [-0.2, -0.15) is 10.4 Å². The van der Waals surface area contributed by atoms with Gasteiger partial charge in [0.15, 0.2) is 5.65 Å².